The third kappa shape index (κ3) is 4.04. The molecule has 0 aliphatic rings. The van der Waals surface area contributed by atoms with E-state index in [4.69, 9.17) is 11.2 Å². The van der Waals surface area contributed by atoms with Gasteiger partial charge < -0.3 is 4.74 Å². The number of benzene rings is 1. The minimum Gasteiger partial charge on any atom is -0.444 e. The van der Waals surface area contributed by atoms with E-state index < -0.39 is 17.5 Å². The van der Waals surface area contributed by atoms with Gasteiger partial charge in [-0.15, -0.1) is 6.42 Å². The molecule has 0 fully saturated rings. The number of rotatable bonds is 1. The van der Waals surface area contributed by atoms with Crippen molar-refractivity contribution in [2.24, 2.45) is 0 Å². The number of hydrogen-bond donors (Lipinski definition) is 1. The van der Waals surface area contributed by atoms with E-state index in [2.05, 4.69) is 27.2 Å². The molecule has 1 N–H and O–H groups in total. The van der Waals surface area contributed by atoms with Gasteiger partial charge in [0.2, 0.25) is 0 Å². The molecule has 0 radical (unpaired) electrons. The van der Waals surface area contributed by atoms with E-state index in [0.717, 1.165) is 0 Å². The van der Waals surface area contributed by atoms with Crippen LogP contribution < -0.4 is 5.32 Å². The minimum atomic E-state index is -0.684. The Kier molecular flexibility index (Phi) is 4.36. The highest BCUT2D eigenvalue weighted by atomic mass is 79.9. The van der Waals surface area contributed by atoms with Crippen LogP contribution in [-0.4, -0.2) is 11.7 Å². The standard InChI is InChI=1S/C13H13BrFNO2/c1-5-9-10(15)6-8(14)7-11(9)16-12(17)18-13(2,3)4/h1,6-7H,2-4H3,(H,16,17). The monoisotopic (exact) mass is 313 g/mol. The fourth-order valence-corrected chi connectivity index (χ4v) is 1.66. The third-order valence-electron chi connectivity index (χ3n) is 1.83. The maximum atomic E-state index is 13.5. The Bertz CT molecular complexity index is 515. The predicted molar refractivity (Wildman–Crippen MR) is 71.9 cm³/mol. The van der Waals surface area contributed by atoms with Crippen LogP contribution in [0.1, 0.15) is 26.3 Å². The molecule has 5 heteroatoms. The van der Waals surface area contributed by atoms with Crippen LogP contribution in [0.25, 0.3) is 0 Å². The zero-order chi connectivity index (χ0) is 13.9. The number of carbonyl (C=O) groups excluding carboxylic acids is 1. The molecule has 0 spiro atoms. The van der Waals surface area contributed by atoms with Gasteiger partial charge in [-0.2, -0.15) is 0 Å². The van der Waals surface area contributed by atoms with Crippen LogP contribution in [0.4, 0.5) is 14.9 Å². The first-order valence-corrected chi connectivity index (χ1v) is 5.98. The smallest absolute Gasteiger partial charge is 0.412 e. The Balaban J connectivity index is 2.98. The maximum absolute atomic E-state index is 13.5. The Morgan fingerprint density at radius 2 is 2.11 bits per heavy atom. The largest absolute Gasteiger partial charge is 0.444 e. The van der Waals surface area contributed by atoms with E-state index in [0.29, 0.717) is 4.47 Å². The number of hydrogen-bond acceptors (Lipinski definition) is 2. The molecule has 96 valence electrons. The lowest BCUT2D eigenvalue weighted by Gasteiger charge is -2.20. The van der Waals surface area contributed by atoms with Gasteiger partial charge in [0, 0.05) is 4.47 Å². The number of halogens is 2. The van der Waals surface area contributed by atoms with Crippen LogP contribution in [0.5, 0.6) is 0 Å². The van der Waals surface area contributed by atoms with Crippen LogP contribution in [-0.2, 0) is 4.74 Å². The van der Waals surface area contributed by atoms with Gasteiger partial charge in [0.15, 0.2) is 0 Å². The summed E-state index contributed by atoms with van der Waals surface area (Å²) in [5.41, 5.74) is -0.451. The molecule has 0 saturated heterocycles. The van der Waals surface area contributed by atoms with Crippen molar-refractivity contribution in [2.75, 3.05) is 5.32 Å². The van der Waals surface area contributed by atoms with Crippen molar-refractivity contribution in [2.45, 2.75) is 26.4 Å². The molecule has 0 bridgehead atoms. The van der Waals surface area contributed by atoms with E-state index in [-0.39, 0.29) is 11.3 Å². The first-order valence-electron chi connectivity index (χ1n) is 5.18. The summed E-state index contributed by atoms with van der Waals surface area (Å²) in [6, 6.07) is 2.75. The molecule has 1 aromatic carbocycles. The average molecular weight is 314 g/mol. The summed E-state index contributed by atoms with van der Waals surface area (Å²) in [4.78, 5) is 11.6. The SMILES string of the molecule is C#Cc1c(F)cc(Br)cc1NC(=O)OC(C)(C)C. The van der Waals surface area contributed by atoms with Gasteiger partial charge in [-0.1, -0.05) is 21.9 Å². The quantitative estimate of drug-likeness (QED) is 0.798. The molecule has 0 aliphatic heterocycles. The molecule has 1 rings (SSSR count). The lowest BCUT2D eigenvalue weighted by molar-refractivity contribution is 0.0636. The van der Waals surface area contributed by atoms with Gasteiger partial charge in [-0.25, -0.2) is 9.18 Å². The summed E-state index contributed by atoms with van der Waals surface area (Å²) < 4.78 is 19.1. The van der Waals surface area contributed by atoms with Gasteiger partial charge in [-0.3, -0.25) is 5.32 Å². The van der Waals surface area contributed by atoms with Crippen molar-refractivity contribution in [3.8, 4) is 12.3 Å². The lowest BCUT2D eigenvalue weighted by atomic mass is 10.1. The van der Waals surface area contributed by atoms with Crippen LogP contribution in [0.3, 0.4) is 0 Å². The Labute approximate surface area is 114 Å². The van der Waals surface area contributed by atoms with Gasteiger partial charge in [0.25, 0.3) is 0 Å². The van der Waals surface area contributed by atoms with Crippen molar-refractivity contribution >= 4 is 27.7 Å². The fraction of sp³-hybridized carbons (Fsp3) is 0.308. The van der Waals surface area contributed by atoms with Gasteiger partial charge in [0.05, 0.1) is 11.3 Å². The molecule has 0 aliphatic carbocycles. The van der Waals surface area contributed by atoms with Crippen molar-refractivity contribution in [1.29, 1.82) is 0 Å². The Morgan fingerprint density at radius 1 is 1.50 bits per heavy atom. The predicted octanol–water partition coefficient (Wildman–Crippen LogP) is 3.92. The van der Waals surface area contributed by atoms with Crippen LogP contribution in [0, 0.1) is 18.2 Å². The summed E-state index contributed by atoms with van der Waals surface area (Å²) in [5.74, 6) is 1.61. The minimum absolute atomic E-state index is 0.0101. The second-order valence-corrected chi connectivity index (χ2v) is 5.50. The summed E-state index contributed by atoms with van der Waals surface area (Å²) in [7, 11) is 0. The molecule has 3 nitrogen and oxygen atoms in total. The number of terminal acetylenes is 1. The molecular formula is C13H13BrFNO2. The highest BCUT2D eigenvalue weighted by Crippen LogP contribution is 2.24. The highest BCUT2D eigenvalue weighted by Gasteiger charge is 2.18. The molecule has 0 unspecified atom stereocenters. The first-order chi connectivity index (χ1) is 8.23. The van der Waals surface area contributed by atoms with Crippen molar-refractivity contribution < 1.29 is 13.9 Å². The molecular weight excluding hydrogens is 301 g/mol. The average Bonchev–Trinajstić information content (AvgIpc) is 2.13. The Morgan fingerprint density at radius 3 is 2.61 bits per heavy atom. The summed E-state index contributed by atoms with van der Waals surface area (Å²) in [6.07, 6.45) is 4.52. The molecule has 18 heavy (non-hydrogen) atoms. The van der Waals surface area contributed by atoms with Crippen molar-refractivity contribution in [1.82, 2.24) is 0 Å². The van der Waals surface area contributed by atoms with Crippen LogP contribution in [0.15, 0.2) is 16.6 Å². The lowest BCUT2D eigenvalue weighted by Crippen LogP contribution is -2.27. The van der Waals surface area contributed by atoms with E-state index >= 15 is 0 Å². The highest BCUT2D eigenvalue weighted by molar-refractivity contribution is 9.10. The molecule has 1 aromatic rings. The summed E-state index contributed by atoms with van der Waals surface area (Å²) in [5, 5.41) is 2.43. The molecule has 0 atom stereocenters. The second-order valence-electron chi connectivity index (χ2n) is 4.58. The van der Waals surface area contributed by atoms with Crippen LogP contribution >= 0.6 is 15.9 Å². The topological polar surface area (TPSA) is 38.3 Å². The summed E-state index contributed by atoms with van der Waals surface area (Å²) >= 11 is 3.13. The zero-order valence-corrected chi connectivity index (χ0v) is 11.9. The van der Waals surface area contributed by atoms with Gasteiger partial charge >= 0.3 is 6.09 Å². The van der Waals surface area contributed by atoms with E-state index in [1.165, 1.54) is 12.1 Å². The number of ether oxygens (including phenoxy) is 1. The van der Waals surface area contributed by atoms with Gasteiger partial charge in [-0.05, 0) is 32.9 Å². The number of nitrogens with one attached hydrogen (secondary N) is 1. The first kappa shape index (κ1) is 14.5. The third-order valence-corrected chi connectivity index (χ3v) is 2.29. The maximum Gasteiger partial charge on any atom is 0.412 e. The normalized spacial score (nSPS) is 10.7. The second kappa shape index (κ2) is 5.40. The summed E-state index contributed by atoms with van der Waals surface area (Å²) in [6.45, 7) is 5.20. The molecule has 0 aromatic heterocycles. The van der Waals surface area contributed by atoms with E-state index in [9.17, 15) is 9.18 Å². The Hall–Kier alpha value is -1.54. The molecule has 1 amide bonds. The van der Waals surface area contributed by atoms with Crippen molar-refractivity contribution in [3.63, 3.8) is 0 Å². The van der Waals surface area contributed by atoms with Crippen LogP contribution in [0.2, 0.25) is 0 Å². The number of anilines is 1. The zero-order valence-electron chi connectivity index (χ0n) is 10.3. The van der Waals surface area contributed by atoms with E-state index in [1.807, 2.05) is 0 Å². The number of carbonyl (C=O) groups is 1. The van der Waals surface area contributed by atoms with Gasteiger partial charge in [0.1, 0.15) is 11.4 Å². The van der Waals surface area contributed by atoms with Crippen molar-refractivity contribution in [3.05, 3.63) is 28.0 Å². The molecule has 0 saturated carbocycles. The van der Waals surface area contributed by atoms with E-state index in [1.54, 1.807) is 20.8 Å². The number of amides is 1. The fourth-order valence-electron chi connectivity index (χ4n) is 1.23. The molecule has 0 heterocycles.